The minimum atomic E-state index is -3.62. The molecule has 0 spiro atoms. The molecule has 1 unspecified atom stereocenters. The van der Waals surface area contributed by atoms with E-state index in [2.05, 4.69) is 8.92 Å². The Bertz CT molecular complexity index is 292. The molecule has 0 radical (unpaired) electrons. The zero-order chi connectivity index (χ0) is 10.1. The molecule has 1 saturated heterocycles. The molecule has 1 rings (SSSR count). The third kappa shape index (κ3) is 2.41. The van der Waals surface area contributed by atoms with Crippen LogP contribution in [0.2, 0.25) is 0 Å². The summed E-state index contributed by atoms with van der Waals surface area (Å²) >= 11 is 0. The summed E-state index contributed by atoms with van der Waals surface area (Å²) in [7, 11) is -3.62. The number of cyclic esters (lactones) is 1. The van der Waals surface area contributed by atoms with Gasteiger partial charge in [-0.1, -0.05) is 0 Å². The Hall–Kier alpha value is -0.620. The molecule has 1 fully saturated rings. The quantitative estimate of drug-likeness (QED) is 0.484. The molecule has 0 aromatic rings. The van der Waals surface area contributed by atoms with Crippen LogP contribution in [0.4, 0.5) is 0 Å². The van der Waals surface area contributed by atoms with E-state index >= 15 is 0 Å². The van der Waals surface area contributed by atoms with Gasteiger partial charge in [0, 0.05) is 6.42 Å². The van der Waals surface area contributed by atoms with Crippen molar-refractivity contribution >= 4 is 16.1 Å². The molecule has 0 saturated carbocycles. The molecule has 0 N–H and O–H groups in total. The summed E-state index contributed by atoms with van der Waals surface area (Å²) < 4.78 is 31.6. The molecule has 1 aliphatic heterocycles. The van der Waals surface area contributed by atoms with E-state index in [-0.39, 0.29) is 6.61 Å². The lowest BCUT2D eigenvalue weighted by molar-refractivity contribution is -0.143. The highest BCUT2D eigenvalue weighted by atomic mass is 32.2. The second-order valence-electron chi connectivity index (χ2n) is 3.08. The lowest BCUT2D eigenvalue weighted by atomic mass is 10.3. The number of ether oxygens (including phenoxy) is 1. The molecule has 76 valence electrons. The minimum Gasteiger partial charge on any atom is -0.464 e. The number of rotatable bonds is 3. The van der Waals surface area contributed by atoms with E-state index in [0.717, 1.165) is 0 Å². The third-order valence-electron chi connectivity index (χ3n) is 1.71. The van der Waals surface area contributed by atoms with Crippen LogP contribution < -0.4 is 0 Å². The molecule has 0 bridgehead atoms. The van der Waals surface area contributed by atoms with Crippen molar-refractivity contribution in [1.82, 2.24) is 0 Å². The lowest BCUT2D eigenvalue weighted by Crippen LogP contribution is -2.27. The van der Waals surface area contributed by atoms with Crippen molar-refractivity contribution < 1.29 is 22.1 Å². The summed E-state index contributed by atoms with van der Waals surface area (Å²) in [5.41, 5.74) is 0. The smallest absolute Gasteiger partial charge is 0.336 e. The van der Waals surface area contributed by atoms with Gasteiger partial charge in [-0.2, -0.15) is 8.42 Å². The Morgan fingerprint density at radius 1 is 1.54 bits per heavy atom. The topological polar surface area (TPSA) is 69.7 Å². The van der Waals surface area contributed by atoms with Crippen molar-refractivity contribution in [3.8, 4) is 0 Å². The SMILES string of the molecule is CC(C)S(=O)(=O)OC1CCOC1=O. The zero-order valence-corrected chi connectivity index (χ0v) is 8.33. The van der Waals surface area contributed by atoms with E-state index in [0.29, 0.717) is 6.42 Å². The maximum Gasteiger partial charge on any atom is 0.336 e. The Morgan fingerprint density at radius 2 is 2.15 bits per heavy atom. The molecule has 0 aromatic heterocycles. The van der Waals surface area contributed by atoms with Crippen LogP contribution in [0.5, 0.6) is 0 Å². The van der Waals surface area contributed by atoms with Crippen LogP contribution in [-0.2, 0) is 23.8 Å². The van der Waals surface area contributed by atoms with Crippen LogP contribution in [0.25, 0.3) is 0 Å². The van der Waals surface area contributed by atoms with Gasteiger partial charge in [-0.05, 0) is 13.8 Å². The van der Waals surface area contributed by atoms with Gasteiger partial charge in [0.2, 0.25) is 0 Å². The minimum absolute atomic E-state index is 0.233. The van der Waals surface area contributed by atoms with E-state index in [1.165, 1.54) is 13.8 Å². The molecular formula is C7H12O5S. The van der Waals surface area contributed by atoms with Gasteiger partial charge >= 0.3 is 5.97 Å². The zero-order valence-electron chi connectivity index (χ0n) is 7.52. The second-order valence-corrected chi connectivity index (χ2v) is 5.20. The molecule has 5 nitrogen and oxygen atoms in total. The van der Waals surface area contributed by atoms with Crippen LogP contribution in [0.3, 0.4) is 0 Å². The predicted molar refractivity (Wildman–Crippen MR) is 44.5 cm³/mol. The first-order valence-electron chi connectivity index (χ1n) is 4.02. The highest BCUT2D eigenvalue weighted by Crippen LogP contribution is 2.15. The fourth-order valence-corrected chi connectivity index (χ4v) is 1.56. The highest BCUT2D eigenvalue weighted by molar-refractivity contribution is 7.87. The molecule has 6 heteroatoms. The molecule has 0 amide bonds. The van der Waals surface area contributed by atoms with Gasteiger partial charge in [0.25, 0.3) is 10.1 Å². The maximum atomic E-state index is 11.2. The molecule has 1 aliphatic rings. The first kappa shape index (κ1) is 10.5. The van der Waals surface area contributed by atoms with Crippen molar-refractivity contribution in [2.24, 2.45) is 0 Å². The van der Waals surface area contributed by atoms with E-state index < -0.39 is 27.4 Å². The molecule has 0 aromatic carbocycles. The average molecular weight is 208 g/mol. The molecular weight excluding hydrogens is 196 g/mol. The summed E-state index contributed by atoms with van der Waals surface area (Å²) in [6.07, 6.45) is -0.627. The van der Waals surface area contributed by atoms with E-state index in [9.17, 15) is 13.2 Å². The van der Waals surface area contributed by atoms with Gasteiger partial charge in [0.1, 0.15) is 0 Å². The predicted octanol–water partition coefficient (Wildman–Crippen LogP) is 0.0567. The van der Waals surface area contributed by atoms with Gasteiger partial charge in [-0.25, -0.2) is 4.79 Å². The third-order valence-corrected chi connectivity index (χ3v) is 3.37. The summed E-state index contributed by atoms with van der Waals surface area (Å²) in [4.78, 5) is 10.9. The fourth-order valence-electron chi connectivity index (χ4n) is 0.838. The van der Waals surface area contributed by atoms with Gasteiger partial charge in [0.05, 0.1) is 11.9 Å². The Balaban J connectivity index is 2.63. The summed E-state index contributed by atoms with van der Waals surface area (Å²) in [6.45, 7) is 3.22. The summed E-state index contributed by atoms with van der Waals surface area (Å²) in [5.74, 6) is -0.593. The Morgan fingerprint density at radius 3 is 2.54 bits per heavy atom. The van der Waals surface area contributed by atoms with E-state index in [4.69, 9.17) is 0 Å². The number of carbonyl (C=O) groups excluding carboxylic acids is 1. The van der Waals surface area contributed by atoms with E-state index in [1.54, 1.807) is 0 Å². The average Bonchev–Trinajstić information content (AvgIpc) is 2.35. The van der Waals surface area contributed by atoms with Crippen molar-refractivity contribution in [1.29, 1.82) is 0 Å². The van der Waals surface area contributed by atoms with Crippen molar-refractivity contribution in [3.63, 3.8) is 0 Å². The summed E-state index contributed by atoms with van der Waals surface area (Å²) in [5, 5.41) is -0.638. The van der Waals surface area contributed by atoms with Gasteiger partial charge in [-0.3, -0.25) is 4.18 Å². The normalized spacial score (nSPS) is 23.6. The Kier molecular flexibility index (Phi) is 2.92. The van der Waals surface area contributed by atoms with Gasteiger partial charge in [-0.15, -0.1) is 0 Å². The van der Waals surface area contributed by atoms with Crippen molar-refractivity contribution in [3.05, 3.63) is 0 Å². The van der Waals surface area contributed by atoms with Gasteiger partial charge in [0.15, 0.2) is 6.10 Å². The highest BCUT2D eigenvalue weighted by Gasteiger charge is 2.33. The van der Waals surface area contributed by atoms with Crippen molar-refractivity contribution in [2.45, 2.75) is 31.6 Å². The monoisotopic (exact) mass is 208 g/mol. The van der Waals surface area contributed by atoms with Crippen LogP contribution in [-0.4, -0.2) is 32.3 Å². The van der Waals surface area contributed by atoms with Crippen LogP contribution in [0.1, 0.15) is 20.3 Å². The van der Waals surface area contributed by atoms with Crippen LogP contribution in [0, 0.1) is 0 Å². The first-order chi connectivity index (χ1) is 5.93. The maximum absolute atomic E-state index is 11.2. The molecule has 13 heavy (non-hydrogen) atoms. The van der Waals surface area contributed by atoms with Crippen LogP contribution in [0.15, 0.2) is 0 Å². The first-order valence-corrected chi connectivity index (χ1v) is 5.49. The number of hydrogen-bond donors (Lipinski definition) is 0. The van der Waals surface area contributed by atoms with E-state index in [1.807, 2.05) is 0 Å². The van der Waals surface area contributed by atoms with Gasteiger partial charge < -0.3 is 4.74 Å². The largest absolute Gasteiger partial charge is 0.464 e. The molecule has 0 aliphatic carbocycles. The molecule has 1 heterocycles. The number of esters is 1. The fraction of sp³-hybridized carbons (Fsp3) is 0.857. The number of carbonyl (C=O) groups is 1. The Labute approximate surface area is 77.1 Å². The second kappa shape index (κ2) is 3.63. The molecule has 1 atom stereocenters. The van der Waals surface area contributed by atoms with Crippen molar-refractivity contribution in [2.75, 3.05) is 6.61 Å². The number of hydrogen-bond acceptors (Lipinski definition) is 5. The van der Waals surface area contributed by atoms with Crippen LogP contribution >= 0.6 is 0 Å². The lowest BCUT2D eigenvalue weighted by Gasteiger charge is -2.10. The summed E-state index contributed by atoms with van der Waals surface area (Å²) in [6, 6.07) is 0. The standard InChI is InChI=1S/C7H12O5S/c1-5(2)13(9,10)12-6-3-4-11-7(6)8/h5-6H,3-4H2,1-2H3.